The molecule has 0 unspecified atom stereocenters. The summed E-state index contributed by atoms with van der Waals surface area (Å²) in [7, 11) is 0. The second kappa shape index (κ2) is 10.0. The second-order valence-corrected chi connectivity index (χ2v) is 4.77. The molecule has 0 aromatic heterocycles. The third-order valence-electron chi connectivity index (χ3n) is 2.89. The molecule has 5 heteroatoms. The fourth-order valence-electron chi connectivity index (χ4n) is 1.71. The molecule has 1 aromatic carbocycles. The monoisotopic (exact) mass is 295 g/mol. The van der Waals surface area contributed by atoms with Crippen LogP contribution in [0.4, 0.5) is 0 Å². The van der Waals surface area contributed by atoms with Gasteiger partial charge in [-0.3, -0.25) is 4.79 Å². The van der Waals surface area contributed by atoms with Crippen molar-refractivity contribution >= 4 is 5.91 Å². The molecule has 0 heterocycles. The lowest BCUT2D eigenvalue weighted by atomic mass is 10.2. The highest BCUT2D eigenvalue weighted by Crippen LogP contribution is 2.25. The van der Waals surface area contributed by atoms with Gasteiger partial charge in [0.1, 0.15) is 11.5 Å². The van der Waals surface area contributed by atoms with E-state index in [0.29, 0.717) is 30.2 Å². The van der Waals surface area contributed by atoms with Crippen LogP contribution in [-0.2, 0) is 11.4 Å². The Labute approximate surface area is 126 Å². The number of rotatable bonds is 10. The molecule has 118 valence electrons. The molecule has 0 atom stereocenters. The van der Waals surface area contributed by atoms with E-state index in [1.165, 1.54) is 0 Å². The van der Waals surface area contributed by atoms with E-state index in [1.54, 1.807) is 18.2 Å². The SMILES string of the molecule is CCCCNC(=O)COc1cc(OCCC)ccc1CO. The number of nitrogens with one attached hydrogen (secondary N) is 1. The van der Waals surface area contributed by atoms with Crippen molar-refractivity contribution < 1.29 is 19.4 Å². The number of ether oxygens (including phenoxy) is 2. The number of unbranched alkanes of at least 4 members (excludes halogenated alkanes) is 1. The number of aliphatic hydroxyl groups excluding tert-OH is 1. The quantitative estimate of drug-likeness (QED) is 0.650. The number of amides is 1. The summed E-state index contributed by atoms with van der Waals surface area (Å²) in [5, 5.41) is 12.1. The van der Waals surface area contributed by atoms with Crippen LogP contribution in [0.5, 0.6) is 11.5 Å². The number of hydrogen-bond acceptors (Lipinski definition) is 4. The summed E-state index contributed by atoms with van der Waals surface area (Å²) in [6.07, 6.45) is 2.90. The molecule has 2 N–H and O–H groups in total. The minimum absolute atomic E-state index is 0.0616. The highest BCUT2D eigenvalue weighted by Gasteiger charge is 2.08. The van der Waals surface area contributed by atoms with Crippen LogP contribution in [-0.4, -0.2) is 30.8 Å². The zero-order valence-electron chi connectivity index (χ0n) is 12.9. The molecule has 1 aromatic rings. The third kappa shape index (κ3) is 6.49. The van der Waals surface area contributed by atoms with Crippen LogP contribution in [0.3, 0.4) is 0 Å². The van der Waals surface area contributed by atoms with Crippen LogP contribution in [0.1, 0.15) is 38.7 Å². The van der Waals surface area contributed by atoms with Crippen LogP contribution in [0, 0.1) is 0 Å². The first-order valence-electron chi connectivity index (χ1n) is 7.47. The molecular formula is C16H25NO4. The summed E-state index contributed by atoms with van der Waals surface area (Å²) in [5.74, 6) is 0.999. The molecular weight excluding hydrogens is 270 g/mol. The number of carbonyl (C=O) groups excluding carboxylic acids is 1. The van der Waals surface area contributed by atoms with Crippen LogP contribution in [0.2, 0.25) is 0 Å². The molecule has 0 saturated heterocycles. The van der Waals surface area contributed by atoms with E-state index in [9.17, 15) is 9.90 Å². The molecule has 0 aliphatic rings. The van der Waals surface area contributed by atoms with Gasteiger partial charge in [-0.25, -0.2) is 0 Å². The summed E-state index contributed by atoms with van der Waals surface area (Å²) in [6, 6.07) is 5.24. The summed E-state index contributed by atoms with van der Waals surface area (Å²) in [5.41, 5.74) is 0.639. The first-order chi connectivity index (χ1) is 10.2. The van der Waals surface area contributed by atoms with E-state index in [-0.39, 0.29) is 19.1 Å². The topological polar surface area (TPSA) is 67.8 Å². The Balaban J connectivity index is 2.56. The molecule has 0 aliphatic heterocycles. The van der Waals surface area contributed by atoms with Crippen molar-refractivity contribution in [3.05, 3.63) is 23.8 Å². The highest BCUT2D eigenvalue weighted by atomic mass is 16.5. The Hall–Kier alpha value is -1.75. The van der Waals surface area contributed by atoms with Gasteiger partial charge in [0.15, 0.2) is 6.61 Å². The highest BCUT2D eigenvalue weighted by molar-refractivity contribution is 5.77. The van der Waals surface area contributed by atoms with Gasteiger partial charge >= 0.3 is 0 Å². The Morgan fingerprint density at radius 1 is 1.24 bits per heavy atom. The number of carbonyl (C=O) groups is 1. The maximum atomic E-state index is 11.6. The Bertz CT molecular complexity index is 434. The van der Waals surface area contributed by atoms with Crippen molar-refractivity contribution in [3.63, 3.8) is 0 Å². The Morgan fingerprint density at radius 2 is 2.05 bits per heavy atom. The van der Waals surface area contributed by atoms with Crippen molar-refractivity contribution in [2.75, 3.05) is 19.8 Å². The largest absolute Gasteiger partial charge is 0.493 e. The van der Waals surface area contributed by atoms with Crippen LogP contribution >= 0.6 is 0 Å². The molecule has 0 fully saturated rings. The number of aliphatic hydroxyl groups is 1. The van der Waals surface area contributed by atoms with Gasteiger partial charge in [-0.05, 0) is 25.0 Å². The van der Waals surface area contributed by atoms with E-state index in [4.69, 9.17) is 9.47 Å². The predicted octanol–water partition coefficient (Wildman–Crippen LogP) is 2.26. The third-order valence-corrected chi connectivity index (χ3v) is 2.89. The lowest BCUT2D eigenvalue weighted by Crippen LogP contribution is -2.29. The number of hydrogen-bond donors (Lipinski definition) is 2. The molecule has 1 amide bonds. The van der Waals surface area contributed by atoms with Gasteiger partial charge in [-0.1, -0.05) is 20.3 Å². The molecule has 1 rings (SSSR count). The zero-order chi connectivity index (χ0) is 15.5. The van der Waals surface area contributed by atoms with Gasteiger partial charge in [-0.15, -0.1) is 0 Å². The van der Waals surface area contributed by atoms with Gasteiger partial charge in [0.25, 0.3) is 5.91 Å². The molecule has 0 spiro atoms. The van der Waals surface area contributed by atoms with Gasteiger partial charge in [-0.2, -0.15) is 0 Å². The van der Waals surface area contributed by atoms with E-state index < -0.39 is 0 Å². The molecule has 5 nitrogen and oxygen atoms in total. The van der Waals surface area contributed by atoms with Gasteiger partial charge in [0.2, 0.25) is 0 Å². The van der Waals surface area contributed by atoms with Crippen LogP contribution in [0.25, 0.3) is 0 Å². The molecule has 0 bridgehead atoms. The smallest absolute Gasteiger partial charge is 0.257 e. The fourth-order valence-corrected chi connectivity index (χ4v) is 1.71. The van der Waals surface area contributed by atoms with Gasteiger partial charge in [0, 0.05) is 18.2 Å². The normalized spacial score (nSPS) is 10.2. The average Bonchev–Trinajstić information content (AvgIpc) is 2.51. The van der Waals surface area contributed by atoms with Crippen LogP contribution in [0.15, 0.2) is 18.2 Å². The van der Waals surface area contributed by atoms with Crippen molar-refractivity contribution in [1.29, 1.82) is 0 Å². The van der Waals surface area contributed by atoms with E-state index in [0.717, 1.165) is 19.3 Å². The van der Waals surface area contributed by atoms with E-state index >= 15 is 0 Å². The van der Waals surface area contributed by atoms with Gasteiger partial charge < -0.3 is 19.9 Å². The minimum Gasteiger partial charge on any atom is -0.493 e. The van der Waals surface area contributed by atoms with Gasteiger partial charge in [0.05, 0.1) is 13.2 Å². The lowest BCUT2D eigenvalue weighted by molar-refractivity contribution is -0.123. The fraction of sp³-hybridized carbons (Fsp3) is 0.562. The maximum absolute atomic E-state index is 11.6. The maximum Gasteiger partial charge on any atom is 0.257 e. The Morgan fingerprint density at radius 3 is 2.71 bits per heavy atom. The molecule has 0 radical (unpaired) electrons. The summed E-state index contributed by atoms with van der Waals surface area (Å²) in [4.78, 5) is 11.6. The first-order valence-corrected chi connectivity index (χ1v) is 7.47. The van der Waals surface area contributed by atoms with Crippen molar-refractivity contribution in [2.24, 2.45) is 0 Å². The predicted molar refractivity (Wildman–Crippen MR) is 81.6 cm³/mol. The standard InChI is InChI=1S/C16H25NO4/c1-3-5-8-17-16(19)12-21-15-10-14(20-9-4-2)7-6-13(15)11-18/h6-7,10,18H,3-5,8-9,11-12H2,1-2H3,(H,17,19). The molecule has 0 aliphatic carbocycles. The van der Waals surface area contributed by atoms with E-state index in [1.807, 2.05) is 6.92 Å². The van der Waals surface area contributed by atoms with Crippen molar-refractivity contribution in [2.45, 2.75) is 39.7 Å². The minimum atomic E-state index is -0.160. The van der Waals surface area contributed by atoms with Crippen LogP contribution < -0.4 is 14.8 Å². The molecule has 21 heavy (non-hydrogen) atoms. The Kier molecular flexibility index (Phi) is 8.28. The molecule has 0 saturated carbocycles. The summed E-state index contributed by atoms with van der Waals surface area (Å²) in [6.45, 7) is 5.17. The average molecular weight is 295 g/mol. The van der Waals surface area contributed by atoms with Crippen molar-refractivity contribution in [3.8, 4) is 11.5 Å². The summed E-state index contributed by atoms with van der Waals surface area (Å²) >= 11 is 0. The lowest BCUT2D eigenvalue weighted by Gasteiger charge is -2.12. The van der Waals surface area contributed by atoms with Crippen molar-refractivity contribution in [1.82, 2.24) is 5.32 Å². The zero-order valence-corrected chi connectivity index (χ0v) is 12.9. The number of benzene rings is 1. The first kappa shape index (κ1) is 17.3. The summed E-state index contributed by atoms with van der Waals surface area (Å²) < 4.78 is 11.0. The van der Waals surface area contributed by atoms with E-state index in [2.05, 4.69) is 12.2 Å². The second-order valence-electron chi connectivity index (χ2n) is 4.77.